The molecule has 0 saturated heterocycles. The lowest BCUT2D eigenvalue weighted by atomic mass is 9.77. The van der Waals surface area contributed by atoms with E-state index in [2.05, 4.69) is 12.2 Å². The summed E-state index contributed by atoms with van der Waals surface area (Å²) in [5.74, 6) is 0.351. The Kier molecular flexibility index (Phi) is 4.80. The van der Waals surface area contributed by atoms with Gasteiger partial charge in [-0.2, -0.15) is 0 Å². The standard InChI is InChI=1S/C15H20ClF2N/c1-11-3-2-6-15(8-11,10-16)19-9-12-7-13(17)4-5-14(12)18/h4-5,7,11,19H,2-3,6,8-10H2,1H3. The van der Waals surface area contributed by atoms with E-state index in [0.717, 1.165) is 25.3 Å². The van der Waals surface area contributed by atoms with Crippen LogP contribution >= 0.6 is 11.6 Å². The number of halogens is 3. The Labute approximate surface area is 118 Å². The first kappa shape index (κ1) is 14.7. The normalized spacial score (nSPS) is 27.5. The van der Waals surface area contributed by atoms with Gasteiger partial charge >= 0.3 is 0 Å². The number of nitrogens with one attached hydrogen (secondary N) is 1. The van der Waals surface area contributed by atoms with Gasteiger partial charge in [-0.05, 0) is 37.0 Å². The zero-order chi connectivity index (χ0) is 13.9. The minimum absolute atomic E-state index is 0.141. The number of rotatable bonds is 4. The SMILES string of the molecule is CC1CCCC(CCl)(NCc2cc(F)ccc2F)C1. The Morgan fingerprint density at radius 2 is 2.21 bits per heavy atom. The van der Waals surface area contributed by atoms with E-state index in [1.807, 2.05) is 0 Å². The summed E-state index contributed by atoms with van der Waals surface area (Å²) in [6, 6.07) is 3.55. The Morgan fingerprint density at radius 1 is 1.42 bits per heavy atom. The highest BCUT2D eigenvalue weighted by Gasteiger charge is 2.33. The van der Waals surface area contributed by atoms with Crippen LogP contribution in [0.4, 0.5) is 8.78 Å². The van der Waals surface area contributed by atoms with Crippen LogP contribution in [0.25, 0.3) is 0 Å². The molecular formula is C15H20ClF2N. The van der Waals surface area contributed by atoms with Crippen LogP contribution in [-0.4, -0.2) is 11.4 Å². The maximum atomic E-state index is 13.6. The second-order valence-electron chi connectivity index (χ2n) is 5.70. The van der Waals surface area contributed by atoms with Crippen molar-refractivity contribution in [2.45, 2.75) is 44.7 Å². The van der Waals surface area contributed by atoms with E-state index in [1.165, 1.54) is 18.6 Å². The van der Waals surface area contributed by atoms with Gasteiger partial charge in [-0.3, -0.25) is 0 Å². The third-order valence-corrected chi connectivity index (χ3v) is 4.52. The molecule has 1 N–H and O–H groups in total. The molecule has 0 aromatic heterocycles. The van der Waals surface area contributed by atoms with Crippen molar-refractivity contribution in [2.75, 3.05) is 5.88 Å². The van der Waals surface area contributed by atoms with Crippen molar-refractivity contribution in [3.05, 3.63) is 35.4 Å². The molecule has 0 bridgehead atoms. The van der Waals surface area contributed by atoms with E-state index in [-0.39, 0.29) is 11.4 Å². The van der Waals surface area contributed by atoms with Gasteiger partial charge in [-0.15, -0.1) is 11.6 Å². The lowest BCUT2D eigenvalue weighted by Gasteiger charge is -2.39. The second kappa shape index (κ2) is 6.19. The summed E-state index contributed by atoms with van der Waals surface area (Å²) in [5.41, 5.74) is 0.223. The molecule has 0 heterocycles. The molecule has 4 heteroatoms. The monoisotopic (exact) mass is 287 g/mol. The average molecular weight is 288 g/mol. The van der Waals surface area contributed by atoms with E-state index in [4.69, 9.17) is 11.6 Å². The molecule has 1 fully saturated rings. The molecule has 2 unspecified atom stereocenters. The molecule has 0 aliphatic heterocycles. The second-order valence-corrected chi connectivity index (χ2v) is 5.97. The van der Waals surface area contributed by atoms with Crippen molar-refractivity contribution in [1.82, 2.24) is 5.32 Å². The predicted molar refractivity (Wildman–Crippen MR) is 74.3 cm³/mol. The Balaban J connectivity index is 2.05. The quantitative estimate of drug-likeness (QED) is 0.817. The van der Waals surface area contributed by atoms with Crippen LogP contribution in [0.3, 0.4) is 0 Å². The molecule has 1 aromatic carbocycles. The zero-order valence-electron chi connectivity index (χ0n) is 11.2. The van der Waals surface area contributed by atoms with E-state index in [0.29, 0.717) is 23.9 Å². The van der Waals surface area contributed by atoms with Crippen LogP contribution in [0.1, 0.15) is 38.2 Å². The molecule has 2 rings (SSSR count). The summed E-state index contributed by atoms with van der Waals surface area (Å²) < 4.78 is 26.7. The number of benzene rings is 1. The molecule has 0 amide bonds. The van der Waals surface area contributed by atoms with Gasteiger partial charge in [0, 0.05) is 23.5 Å². The Morgan fingerprint density at radius 3 is 2.89 bits per heavy atom. The minimum Gasteiger partial charge on any atom is -0.306 e. The van der Waals surface area contributed by atoms with Gasteiger partial charge in [0.25, 0.3) is 0 Å². The molecule has 1 aromatic rings. The van der Waals surface area contributed by atoms with Crippen molar-refractivity contribution >= 4 is 11.6 Å². The highest BCUT2D eigenvalue weighted by atomic mass is 35.5. The summed E-state index contributed by atoms with van der Waals surface area (Å²) in [6.45, 7) is 2.54. The van der Waals surface area contributed by atoms with Crippen LogP contribution < -0.4 is 5.32 Å². The fourth-order valence-corrected chi connectivity index (χ4v) is 3.29. The van der Waals surface area contributed by atoms with Gasteiger partial charge in [0.2, 0.25) is 0 Å². The van der Waals surface area contributed by atoms with Crippen molar-refractivity contribution in [2.24, 2.45) is 5.92 Å². The molecule has 106 valence electrons. The van der Waals surface area contributed by atoms with Gasteiger partial charge in [-0.1, -0.05) is 19.8 Å². The third kappa shape index (κ3) is 3.67. The van der Waals surface area contributed by atoms with Crippen LogP contribution in [0, 0.1) is 17.6 Å². The molecule has 2 atom stereocenters. The lowest BCUT2D eigenvalue weighted by molar-refractivity contribution is 0.207. The summed E-state index contributed by atoms with van der Waals surface area (Å²) in [7, 11) is 0. The van der Waals surface area contributed by atoms with Gasteiger partial charge in [0.15, 0.2) is 0 Å². The molecule has 0 radical (unpaired) electrons. The third-order valence-electron chi connectivity index (χ3n) is 4.01. The summed E-state index contributed by atoms with van der Waals surface area (Å²) in [5, 5.41) is 3.36. The van der Waals surface area contributed by atoms with Gasteiger partial charge in [-0.25, -0.2) is 8.78 Å². The fourth-order valence-electron chi connectivity index (χ4n) is 2.95. The van der Waals surface area contributed by atoms with Crippen LogP contribution in [-0.2, 0) is 6.54 Å². The first-order valence-corrected chi connectivity index (χ1v) is 7.33. The fraction of sp³-hybridized carbons (Fsp3) is 0.600. The van der Waals surface area contributed by atoms with E-state index < -0.39 is 5.82 Å². The first-order chi connectivity index (χ1) is 9.04. The molecular weight excluding hydrogens is 268 g/mol. The van der Waals surface area contributed by atoms with E-state index in [9.17, 15) is 8.78 Å². The van der Waals surface area contributed by atoms with Crippen LogP contribution in [0.15, 0.2) is 18.2 Å². The minimum atomic E-state index is -0.407. The molecule has 1 aliphatic carbocycles. The highest BCUT2D eigenvalue weighted by Crippen LogP contribution is 2.33. The van der Waals surface area contributed by atoms with Gasteiger partial charge in [0.05, 0.1) is 0 Å². The Hall–Kier alpha value is -0.670. The maximum absolute atomic E-state index is 13.6. The summed E-state index contributed by atoms with van der Waals surface area (Å²) in [4.78, 5) is 0. The van der Waals surface area contributed by atoms with Crippen LogP contribution in [0.5, 0.6) is 0 Å². The first-order valence-electron chi connectivity index (χ1n) is 6.79. The van der Waals surface area contributed by atoms with Gasteiger partial charge < -0.3 is 5.32 Å². The molecule has 1 nitrogen and oxygen atoms in total. The van der Waals surface area contributed by atoms with Crippen LogP contribution in [0.2, 0.25) is 0 Å². The topological polar surface area (TPSA) is 12.0 Å². The summed E-state index contributed by atoms with van der Waals surface area (Å²) >= 11 is 6.11. The zero-order valence-corrected chi connectivity index (χ0v) is 11.9. The predicted octanol–water partition coefficient (Wildman–Crippen LogP) is 4.24. The number of alkyl halides is 1. The lowest BCUT2D eigenvalue weighted by Crippen LogP contribution is -2.49. The van der Waals surface area contributed by atoms with Gasteiger partial charge in [0.1, 0.15) is 11.6 Å². The van der Waals surface area contributed by atoms with E-state index in [1.54, 1.807) is 0 Å². The molecule has 1 aliphatic rings. The average Bonchev–Trinajstić information content (AvgIpc) is 2.40. The van der Waals surface area contributed by atoms with Crippen molar-refractivity contribution < 1.29 is 8.78 Å². The molecule has 0 spiro atoms. The molecule has 19 heavy (non-hydrogen) atoms. The van der Waals surface area contributed by atoms with E-state index >= 15 is 0 Å². The number of hydrogen-bond acceptors (Lipinski definition) is 1. The molecule has 1 saturated carbocycles. The largest absolute Gasteiger partial charge is 0.306 e. The summed E-state index contributed by atoms with van der Waals surface area (Å²) in [6.07, 6.45) is 4.34. The number of hydrogen-bond donors (Lipinski definition) is 1. The van der Waals surface area contributed by atoms with Crippen molar-refractivity contribution in [1.29, 1.82) is 0 Å². The van der Waals surface area contributed by atoms with Crippen molar-refractivity contribution in [3.63, 3.8) is 0 Å². The Bertz CT molecular complexity index is 438. The maximum Gasteiger partial charge on any atom is 0.127 e. The smallest absolute Gasteiger partial charge is 0.127 e. The highest BCUT2D eigenvalue weighted by molar-refractivity contribution is 6.18. The van der Waals surface area contributed by atoms with Crippen molar-refractivity contribution in [3.8, 4) is 0 Å².